The second-order valence-corrected chi connectivity index (χ2v) is 4.75. The second kappa shape index (κ2) is 2.22. The molecule has 0 amide bonds. The summed E-state index contributed by atoms with van der Waals surface area (Å²) >= 11 is 0. The van der Waals surface area contributed by atoms with Gasteiger partial charge in [-0.2, -0.15) is 0 Å². The predicted octanol–water partition coefficient (Wildman–Crippen LogP) is 2.28. The van der Waals surface area contributed by atoms with Gasteiger partial charge in [-0.1, -0.05) is 27.7 Å². The average Bonchev–Trinajstić information content (AvgIpc) is 2.00. The Balaban J connectivity index is 2.84. The van der Waals surface area contributed by atoms with Crippen molar-refractivity contribution in [2.45, 2.75) is 40.2 Å². The predicted molar refractivity (Wildman–Crippen MR) is 49.6 cm³/mol. The molecule has 0 radical (unpaired) electrons. The number of hydrogen-bond donors (Lipinski definition) is 1. The minimum Gasteiger partial charge on any atom is -0.314 e. The Hall–Kier alpha value is -0.0400. The zero-order valence-corrected chi connectivity index (χ0v) is 8.65. The Morgan fingerprint density at radius 3 is 1.64 bits per heavy atom. The number of rotatable bonds is 1. The van der Waals surface area contributed by atoms with Gasteiger partial charge in [0.2, 0.25) is 0 Å². The fraction of sp³-hybridized carbons (Fsp3) is 1.00. The largest absolute Gasteiger partial charge is 0.314 e. The molecule has 1 fully saturated rings. The Kier molecular flexibility index (Phi) is 1.83. The first-order valence-corrected chi connectivity index (χ1v) is 4.57. The lowest BCUT2D eigenvalue weighted by Crippen LogP contribution is -2.70. The van der Waals surface area contributed by atoms with Crippen molar-refractivity contribution < 1.29 is 0 Å². The number of nitrogens with one attached hydrogen (secondary N) is 1. The Bertz CT molecular complexity index is 162. The molecule has 1 rings (SSSR count). The van der Waals surface area contributed by atoms with Crippen LogP contribution in [0.5, 0.6) is 0 Å². The first kappa shape index (κ1) is 9.05. The van der Waals surface area contributed by atoms with Crippen molar-refractivity contribution in [2.24, 2.45) is 17.3 Å². The molecule has 1 nitrogen and oxygen atoms in total. The molecule has 0 spiro atoms. The van der Waals surface area contributed by atoms with Crippen LogP contribution in [0.3, 0.4) is 0 Å². The van der Waals surface area contributed by atoms with E-state index >= 15 is 0 Å². The minimum atomic E-state index is 0.340. The smallest absolute Gasteiger partial charge is 0.0232 e. The highest BCUT2D eigenvalue weighted by molar-refractivity contribution is 5.13. The molecule has 0 heterocycles. The van der Waals surface area contributed by atoms with Crippen LogP contribution in [0.2, 0.25) is 0 Å². The monoisotopic (exact) mass is 155 g/mol. The van der Waals surface area contributed by atoms with E-state index in [9.17, 15) is 0 Å². The van der Waals surface area contributed by atoms with E-state index in [1.165, 1.54) is 0 Å². The van der Waals surface area contributed by atoms with E-state index in [0.717, 1.165) is 11.8 Å². The third-order valence-electron chi connectivity index (χ3n) is 4.66. The molecule has 0 bridgehead atoms. The first-order valence-electron chi connectivity index (χ1n) is 4.57. The summed E-state index contributed by atoms with van der Waals surface area (Å²) in [5, 5.41) is 3.45. The van der Waals surface area contributed by atoms with Crippen LogP contribution in [0.25, 0.3) is 0 Å². The van der Waals surface area contributed by atoms with Gasteiger partial charge in [0.15, 0.2) is 0 Å². The van der Waals surface area contributed by atoms with Crippen molar-refractivity contribution >= 4 is 0 Å². The summed E-state index contributed by atoms with van der Waals surface area (Å²) in [6.45, 7) is 11.7. The molecule has 1 N–H and O–H groups in total. The average molecular weight is 155 g/mol. The topological polar surface area (TPSA) is 12.0 Å². The molecule has 0 aromatic heterocycles. The minimum absolute atomic E-state index is 0.340. The SMILES string of the molecule is CNC1(C)C(C)C(C)C1(C)C. The van der Waals surface area contributed by atoms with Crippen LogP contribution in [-0.4, -0.2) is 12.6 Å². The fourth-order valence-corrected chi connectivity index (χ4v) is 2.64. The molecule has 1 saturated carbocycles. The van der Waals surface area contributed by atoms with Gasteiger partial charge in [0.1, 0.15) is 0 Å². The molecule has 1 aliphatic rings. The van der Waals surface area contributed by atoms with Gasteiger partial charge in [0.05, 0.1) is 0 Å². The Morgan fingerprint density at radius 2 is 1.45 bits per heavy atom. The van der Waals surface area contributed by atoms with Crippen molar-refractivity contribution in [1.29, 1.82) is 0 Å². The first-order chi connectivity index (χ1) is 4.88. The van der Waals surface area contributed by atoms with Crippen LogP contribution in [0.4, 0.5) is 0 Å². The van der Waals surface area contributed by atoms with Crippen molar-refractivity contribution in [2.75, 3.05) is 7.05 Å². The van der Waals surface area contributed by atoms with Crippen LogP contribution in [0.15, 0.2) is 0 Å². The van der Waals surface area contributed by atoms with Gasteiger partial charge in [0, 0.05) is 5.54 Å². The molecule has 11 heavy (non-hydrogen) atoms. The number of hydrogen-bond acceptors (Lipinski definition) is 1. The van der Waals surface area contributed by atoms with E-state index in [1.54, 1.807) is 0 Å². The van der Waals surface area contributed by atoms with E-state index in [-0.39, 0.29) is 0 Å². The second-order valence-electron chi connectivity index (χ2n) is 4.75. The lowest BCUT2D eigenvalue weighted by molar-refractivity contribution is -0.111. The van der Waals surface area contributed by atoms with Crippen LogP contribution >= 0.6 is 0 Å². The molecular formula is C10H21N. The third kappa shape index (κ3) is 0.807. The van der Waals surface area contributed by atoms with E-state index in [2.05, 4.69) is 47.0 Å². The highest BCUT2D eigenvalue weighted by Gasteiger charge is 2.59. The molecular weight excluding hydrogens is 134 g/mol. The van der Waals surface area contributed by atoms with E-state index < -0.39 is 0 Å². The fourth-order valence-electron chi connectivity index (χ4n) is 2.64. The molecule has 0 aromatic rings. The maximum absolute atomic E-state index is 3.45. The molecule has 1 heteroatoms. The molecule has 3 atom stereocenters. The van der Waals surface area contributed by atoms with Crippen molar-refractivity contribution in [3.63, 3.8) is 0 Å². The van der Waals surface area contributed by atoms with Gasteiger partial charge >= 0.3 is 0 Å². The van der Waals surface area contributed by atoms with Gasteiger partial charge in [-0.05, 0) is 31.2 Å². The van der Waals surface area contributed by atoms with Crippen LogP contribution < -0.4 is 5.32 Å². The highest BCUT2D eigenvalue weighted by Crippen LogP contribution is 2.57. The highest BCUT2D eigenvalue weighted by atomic mass is 15.0. The summed E-state index contributed by atoms with van der Waals surface area (Å²) in [4.78, 5) is 0. The van der Waals surface area contributed by atoms with Gasteiger partial charge in [-0.25, -0.2) is 0 Å². The van der Waals surface area contributed by atoms with Crippen LogP contribution in [0.1, 0.15) is 34.6 Å². The van der Waals surface area contributed by atoms with Gasteiger partial charge in [-0.3, -0.25) is 0 Å². The molecule has 1 aliphatic carbocycles. The van der Waals surface area contributed by atoms with Crippen LogP contribution in [0, 0.1) is 17.3 Å². The van der Waals surface area contributed by atoms with Gasteiger partial charge in [0.25, 0.3) is 0 Å². The summed E-state index contributed by atoms with van der Waals surface area (Å²) in [6, 6.07) is 0. The maximum atomic E-state index is 3.45. The standard InChI is InChI=1S/C10H21N/c1-7-8(2)10(5,11-6)9(7,3)4/h7-8,11H,1-6H3. The lowest BCUT2D eigenvalue weighted by Gasteiger charge is -2.64. The summed E-state index contributed by atoms with van der Waals surface area (Å²) in [7, 11) is 2.07. The van der Waals surface area contributed by atoms with Crippen molar-refractivity contribution in [3.8, 4) is 0 Å². The third-order valence-corrected chi connectivity index (χ3v) is 4.66. The summed E-state index contributed by atoms with van der Waals surface area (Å²) in [5.74, 6) is 1.63. The Labute approximate surface area is 70.6 Å². The summed E-state index contributed by atoms with van der Waals surface area (Å²) in [6.07, 6.45) is 0. The summed E-state index contributed by atoms with van der Waals surface area (Å²) in [5.41, 5.74) is 0.785. The van der Waals surface area contributed by atoms with Crippen LogP contribution in [-0.2, 0) is 0 Å². The maximum Gasteiger partial charge on any atom is 0.0232 e. The molecule has 66 valence electrons. The molecule has 3 unspecified atom stereocenters. The van der Waals surface area contributed by atoms with Crippen molar-refractivity contribution in [3.05, 3.63) is 0 Å². The zero-order chi connectivity index (χ0) is 8.86. The van der Waals surface area contributed by atoms with E-state index in [1.807, 2.05) is 0 Å². The van der Waals surface area contributed by atoms with Gasteiger partial charge in [-0.15, -0.1) is 0 Å². The Morgan fingerprint density at radius 1 is 1.00 bits per heavy atom. The molecule has 0 saturated heterocycles. The zero-order valence-electron chi connectivity index (χ0n) is 8.65. The molecule has 0 aliphatic heterocycles. The quantitative estimate of drug-likeness (QED) is 0.612. The van der Waals surface area contributed by atoms with E-state index in [0.29, 0.717) is 11.0 Å². The summed E-state index contributed by atoms with van der Waals surface area (Å²) < 4.78 is 0. The van der Waals surface area contributed by atoms with Crippen molar-refractivity contribution in [1.82, 2.24) is 5.32 Å². The lowest BCUT2D eigenvalue weighted by atomic mass is 9.45. The molecule has 0 aromatic carbocycles. The normalized spacial score (nSPS) is 48.5. The van der Waals surface area contributed by atoms with Gasteiger partial charge < -0.3 is 5.32 Å². The van der Waals surface area contributed by atoms with E-state index in [4.69, 9.17) is 0 Å².